The zero-order valence-corrected chi connectivity index (χ0v) is 16.5. The van der Waals surface area contributed by atoms with Gasteiger partial charge in [-0.15, -0.1) is 0 Å². The highest BCUT2D eigenvalue weighted by atomic mass is 19.3. The zero-order valence-electron chi connectivity index (χ0n) is 16.5. The first-order chi connectivity index (χ1) is 14.8. The maximum Gasteiger partial charge on any atom is 0.387 e. The maximum atomic E-state index is 13.5. The molecule has 1 unspecified atom stereocenters. The van der Waals surface area contributed by atoms with Gasteiger partial charge in [-0.2, -0.15) is 8.78 Å². The molecule has 1 aliphatic carbocycles. The predicted octanol–water partition coefficient (Wildman–Crippen LogP) is 3.29. The van der Waals surface area contributed by atoms with Crippen LogP contribution in [0.25, 0.3) is 11.3 Å². The van der Waals surface area contributed by atoms with Crippen LogP contribution >= 0.6 is 0 Å². The number of anilines is 2. The van der Waals surface area contributed by atoms with E-state index < -0.39 is 18.5 Å². The number of morpholine rings is 1. The molecule has 11 heteroatoms. The molecule has 2 aromatic heterocycles. The van der Waals surface area contributed by atoms with Gasteiger partial charge in [-0.05, 0) is 18.9 Å². The molecule has 7 nitrogen and oxygen atoms in total. The van der Waals surface area contributed by atoms with E-state index in [-0.39, 0.29) is 42.4 Å². The summed E-state index contributed by atoms with van der Waals surface area (Å²) in [4.78, 5) is 15.0. The summed E-state index contributed by atoms with van der Waals surface area (Å²) in [5.41, 5.74) is 6.40. The minimum absolute atomic E-state index is 0.0368. The molecule has 6 rings (SSSR count). The monoisotopic (exact) mass is 439 g/mol. The van der Waals surface area contributed by atoms with Crippen molar-refractivity contribution in [3.05, 3.63) is 24.2 Å². The molecule has 2 bridgehead atoms. The van der Waals surface area contributed by atoms with Crippen molar-refractivity contribution < 1.29 is 27.0 Å². The number of piperidine rings is 1. The van der Waals surface area contributed by atoms with Gasteiger partial charge in [-0.3, -0.25) is 0 Å². The van der Waals surface area contributed by atoms with Gasteiger partial charge in [0, 0.05) is 43.1 Å². The average Bonchev–Trinajstić information content (AvgIpc) is 3.35. The molecular weight excluding hydrogens is 418 g/mol. The molecule has 1 saturated carbocycles. The van der Waals surface area contributed by atoms with E-state index in [0.717, 1.165) is 12.8 Å². The molecule has 166 valence electrons. The van der Waals surface area contributed by atoms with E-state index >= 15 is 0 Å². The Kier molecular flexibility index (Phi) is 4.87. The lowest BCUT2D eigenvalue weighted by Crippen LogP contribution is -2.55. The Bertz CT molecular complexity index is 984. The van der Waals surface area contributed by atoms with Crippen molar-refractivity contribution in [1.82, 2.24) is 15.0 Å². The van der Waals surface area contributed by atoms with Crippen molar-refractivity contribution >= 4 is 11.6 Å². The van der Waals surface area contributed by atoms with Gasteiger partial charge in [0.05, 0.1) is 24.4 Å². The highest BCUT2D eigenvalue weighted by molar-refractivity contribution is 5.66. The molecule has 2 N–H and O–H groups in total. The lowest BCUT2D eigenvalue weighted by molar-refractivity contribution is -0.0494. The van der Waals surface area contributed by atoms with E-state index in [1.165, 1.54) is 12.3 Å². The quantitative estimate of drug-likeness (QED) is 0.692. The summed E-state index contributed by atoms with van der Waals surface area (Å²) in [5.74, 6) is -3.05. The zero-order chi connectivity index (χ0) is 21.8. The van der Waals surface area contributed by atoms with Gasteiger partial charge in [0.1, 0.15) is 11.6 Å². The summed E-state index contributed by atoms with van der Waals surface area (Å²) < 4.78 is 62.6. The van der Waals surface area contributed by atoms with Crippen LogP contribution in [0.3, 0.4) is 0 Å². The molecule has 5 heterocycles. The van der Waals surface area contributed by atoms with Crippen LogP contribution < -0.4 is 15.4 Å². The smallest absolute Gasteiger partial charge is 0.387 e. The Balaban J connectivity index is 1.52. The molecular formula is C20H21F4N5O2. The van der Waals surface area contributed by atoms with Crippen LogP contribution in [-0.4, -0.2) is 52.8 Å². The SMILES string of the molecule is Nc1ncc(-c2cc(N3C[C@@H]4CC[C@H]3CO4)nc(CC3CC3(F)F)n2)cc1OC(F)F. The highest BCUT2D eigenvalue weighted by Gasteiger charge is 2.56. The van der Waals surface area contributed by atoms with Crippen LogP contribution in [-0.2, 0) is 11.2 Å². The number of hydrogen-bond donors (Lipinski definition) is 1. The summed E-state index contributed by atoms with van der Waals surface area (Å²) in [6, 6.07) is 3.18. The second kappa shape index (κ2) is 7.47. The van der Waals surface area contributed by atoms with Gasteiger partial charge in [-0.25, -0.2) is 23.7 Å². The molecule has 3 aliphatic heterocycles. The highest BCUT2D eigenvalue weighted by Crippen LogP contribution is 2.50. The van der Waals surface area contributed by atoms with Gasteiger partial charge in [0.25, 0.3) is 5.92 Å². The van der Waals surface area contributed by atoms with E-state index in [0.29, 0.717) is 30.2 Å². The third-order valence-corrected chi connectivity index (χ3v) is 6.02. The summed E-state index contributed by atoms with van der Waals surface area (Å²) in [5, 5.41) is 0. The van der Waals surface area contributed by atoms with Crippen molar-refractivity contribution in [1.29, 1.82) is 0 Å². The normalized spacial score (nSPS) is 26.4. The molecule has 31 heavy (non-hydrogen) atoms. The first kappa shape index (κ1) is 20.2. The van der Waals surface area contributed by atoms with Crippen molar-refractivity contribution in [2.24, 2.45) is 5.92 Å². The van der Waals surface area contributed by atoms with Gasteiger partial charge in [0.2, 0.25) is 0 Å². The number of hydrogen-bond acceptors (Lipinski definition) is 7. The number of rotatable bonds is 6. The topological polar surface area (TPSA) is 86.4 Å². The Morgan fingerprint density at radius 3 is 2.68 bits per heavy atom. The van der Waals surface area contributed by atoms with Crippen LogP contribution in [0.1, 0.15) is 25.1 Å². The maximum absolute atomic E-state index is 13.5. The van der Waals surface area contributed by atoms with Gasteiger partial charge < -0.3 is 20.1 Å². The first-order valence-electron chi connectivity index (χ1n) is 10.1. The molecule has 0 amide bonds. The van der Waals surface area contributed by atoms with Crippen molar-refractivity contribution in [2.75, 3.05) is 23.8 Å². The summed E-state index contributed by atoms with van der Waals surface area (Å²) in [7, 11) is 0. The van der Waals surface area contributed by atoms with Crippen molar-refractivity contribution in [2.45, 2.75) is 50.4 Å². The largest absolute Gasteiger partial charge is 0.431 e. The first-order valence-corrected chi connectivity index (χ1v) is 10.1. The minimum Gasteiger partial charge on any atom is -0.431 e. The number of fused-ring (bicyclic) bond motifs is 3. The van der Waals surface area contributed by atoms with E-state index in [2.05, 4.69) is 24.6 Å². The van der Waals surface area contributed by atoms with E-state index in [4.69, 9.17) is 10.5 Å². The van der Waals surface area contributed by atoms with E-state index in [1.807, 2.05) is 0 Å². The molecule has 4 fully saturated rings. The van der Waals surface area contributed by atoms with Crippen molar-refractivity contribution in [3.63, 3.8) is 0 Å². The van der Waals surface area contributed by atoms with Crippen LogP contribution in [0.5, 0.6) is 5.75 Å². The molecule has 4 aliphatic rings. The number of ether oxygens (including phenoxy) is 2. The van der Waals surface area contributed by atoms with E-state index in [1.54, 1.807) is 6.07 Å². The number of nitrogens with two attached hydrogens (primary N) is 1. The van der Waals surface area contributed by atoms with Crippen LogP contribution in [0, 0.1) is 5.92 Å². The number of nitrogen functional groups attached to an aromatic ring is 1. The Morgan fingerprint density at radius 1 is 1.26 bits per heavy atom. The number of halogens is 4. The standard InChI is InChI=1S/C20H21F4N5O2/c21-19(22)31-15-3-10(7-26-18(15)25)14-5-17(29-8-13-2-1-12(29)9-30-13)28-16(27-14)4-11-6-20(11,23)24/h3,5,7,11-13,19H,1-2,4,6,8-9H2,(H2,25,26)/t11?,12-,13-/m0/s1. The fourth-order valence-corrected chi connectivity index (χ4v) is 4.20. The minimum atomic E-state index is -3.06. The van der Waals surface area contributed by atoms with E-state index in [9.17, 15) is 17.6 Å². The number of nitrogens with zero attached hydrogens (tertiary/aromatic N) is 4. The molecule has 0 spiro atoms. The van der Waals surface area contributed by atoms with Crippen LogP contribution in [0.15, 0.2) is 18.3 Å². The predicted molar refractivity (Wildman–Crippen MR) is 103 cm³/mol. The third kappa shape index (κ3) is 4.10. The fraction of sp³-hybridized carbons (Fsp3) is 0.550. The van der Waals surface area contributed by atoms with Crippen LogP contribution in [0.2, 0.25) is 0 Å². The summed E-state index contributed by atoms with van der Waals surface area (Å²) in [6.45, 7) is -1.83. The van der Waals surface area contributed by atoms with Gasteiger partial charge in [-0.1, -0.05) is 0 Å². The lowest BCUT2D eigenvalue weighted by atomic mass is 9.97. The summed E-state index contributed by atoms with van der Waals surface area (Å²) >= 11 is 0. The number of pyridine rings is 1. The number of aromatic nitrogens is 3. The Morgan fingerprint density at radius 2 is 2.06 bits per heavy atom. The Hall–Kier alpha value is -2.69. The van der Waals surface area contributed by atoms with Gasteiger partial charge in [0.15, 0.2) is 11.6 Å². The molecule has 3 atom stereocenters. The second-order valence-corrected chi connectivity index (χ2v) is 8.22. The summed E-state index contributed by atoms with van der Waals surface area (Å²) in [6.07, 6.45) is 3.26. The molecule has 0 aromatic carbocycles. The Labute approximate surface area is 175 Å². The second-order valence-electron chi connectivity index (χ2n) is 8.22. The molecule has 2 aromatic rings. The average molecular weight is 439 g/mol. The van der Waals surface area contributed by atoms with Gasteiger partial charge >= 0.3 is 6.61 Å². The third-order valence-electron chi connectivity index (χ3n) is 6.02. The molecule has 3 saturated heterocycles. The van der Waals surface area contributed by atoms with Crippen molar-refractivity contribution in [3.8, 4) is 17.0 Å². The fourth-order valence-electron chi connectivity index (χ4n) is 4.20. The molecule has 0 radical (unpaired) electrons. The lowest BCUT2D eigenvalue weighted by Gasteiger charge is -2.45. The number of alkyl halides is 4. The van der Waals surface area contributed by atoms with Crippen LogP contribution in [0.4, 0.5) is 29.2 Å².